The molecule has 0 aromatic carbocycles. The Morgan fingerprint density at radius 2 is 2.27 bits per heavy atom. The van der Waals surface area contributed by atoms with Gasteiger partial charge in [-0.2, -0.15) is 0 Å². The highest BCUT2D eigenvalue weighted by Gasteiger charge is 2.20. The van der Waals surface area contributed by atoms with Crippen molar-refractivity contribution < 1.29 is 4.74 Å². The van der Waals surface area contributed by atoms with Crippen molar-refractivity contribution >= 4 is 0 Å². The van der Waals surface area contributed by atoms with Gasteiger partial charge >= 0.3 is 0 Å². The molecule has 11 heavy (non-hydrogen) atoms. The molecule has 1 atom stereocenters. The Bertz CT molecular complexity index is 114. The normalized spacial score (nSPS) is 27.8. The minimum absolute atomic E-state index is 0.478. The first kappa shape index (κ1) is 9.01. The van der Waals surface area contributed by atoms with E-state index in [2.05, 4.69) is 25.7 Å². The highest BCUT2D eigenvalue weighted by molar-refractivity contribution is 4.72. The summed E-state index contributed by atoms with van der Waals surface area (Å²) in [6.45, 7) is 9.82. The molecule has 2 heteroatoms. The first-order valence-corrected chi connectivity index (χ1v) is 4.59. The molecule has 0 spiro atoms. The van der Waals surface area contributed by atoms with E-state index in [0.717, 1.165) is 26.1 Å². The quantitative estimate of drug-likeness (QED) is 0.602. The fraction of sp³-hybridized carbons (Fsp3) is 1.00. The minimum Gasteiger partial charge on any atom is -0.376 e. The molecule has 0 aliphatic carbocycles. The number of morpholine rings is 1. The van der Waals surface area contributed by atoms with Gasteiger partial charge in [-0.25, -0.2) is 0 Å². The second-order valence-corrected chi connectivity index (χ2v) is 3.49. The standard InChI is InChI=1S/C9H19NO/c1-4-9-7-10(8(2)3)5-6-11-9/h8-9H,4-7H2,1-3H3. The number of rotatable bonds is 2. The third kappa shape index (κ3) is 2.46. The molecule has 1 fully saturated rings. The van der Waals surface area contributed by atoms with E-state index in [4.69, 9.17) is 4.74 Å². The van der Waals surface area contributed by atoms with Crippen LogP contribution in [-0.4, -0.2) is 36.7 Å². The highest BCUT2D eigenvalue weighted by Crippen LogP contribution is 2.10. The average molecular weight is 157 g/mol. The summed E-state index contributed by atoms with van der Waals surface area (Å²) in [7, 11) is 0. The Balaban J connectivity index is 2.33. The summed E-state index contributed by atoms with van der Waals surface area (Å²) in [5.41, 5.74) is 0. The van der Waals surface area contributed by atoms with Crippen molar-refractivity contribution in [2.75, 3.05) is 19.7 Å². The maximum absolute atomic E-state index is 5.57. The van der Waals surface area contributed by atoms with Gasteiger partial charge in [0.2, 0.25) is 0 Å². The second-order valence-electron chi connectivity index (χ2n) is 3.49. The molecule has 0 amide bonds. The van der Waals surface area contributed by atoms with Crippen LogP contribution in [0.15, 0.2) is 0 Å². The van der Waals surface area contributed by atoms with Crippen LogP contribution in [0.1, 0.15) is 27.2 Å². The molecule has 66 valence electrons. The van der Waals surface area contributed by atoms with E-state index >= 15 is 0 Å². The molecule has 0 aromatic heterocycles. The number of hydrogen-bond donors (Lipinski definition) is 0. The van der Waals surface area contributed by atoms with E-state index in [1.807, 2.05) is 0 Å². The fourth-order valence-corrected chi connectivity index (χ4v) is 1.46. The van der Waals surface area contributed by atoms with Gasteiger partial charge < -0.3 is 4.74 Å². The van der Waals surface area contributed by atoms with Crippen LogP contribution in [0, 0.1) is 0 Å². The predicted molar refractivity (Wildman–Crippen MR) is 46.7 cm³/mol. The summed E-state index contributed by atoms with van der Waals surface area (Å²) >= 11 is 0. The highest BCUT2D eigenvalue weighted by atomic mass is 16.5. The van der Waals surface area contributed by atoms with Gasteiger partial charge in [-0.3, -0.25) is 4.90 Å². The Morgan fingerprint density at radius 1 is 1.55 bits per heavy atom. The van der Waals surface area contributed by atoms with Gasteiger partial charge in [0.05, 0.1) is 12.7 Å². The molecule has 1 rings (SSSR count). The predicted octanol–water partition coefficient (Wildman–Crippen LogP) is 1.51. The van der Waals surface area contributed by atoms with Gasteiger partial charge in [0, 0.05) is 19.1 Å². The van der Waals surface area contributed by atoms with Gasteiger partial charge in [0.25, 0.3) is 0 Å². The fourth-order valence-electron chi connectivity index (χ4n) is 1.46. The van der Waals surface area contributed by atoms with Crippen LogP contribution in [-0.2, 0) is 4.74 Å². The zero-order valence-corrected chi connectivity index (χ0v) is 7.84. The van der Waals surface area contributed by atoms with Crippen LogP contribution >= 0.6 is 0 Å². The van der Waals surface area contributed by atoms with E-state index < -0.39 is 0 Å². The first-order valence-electron chi connectivity index (χ1n) is 4.59. The molecule has 1 unspecified atom stereocenters. The molecular formula is C9H19NO. The summed E-state index contributed by atoms with van der Waals surface area (Å²) in [4.78, 5) is 2.48. The lowest BCUT2D eigenvalue weighted by Crippen LogP contribution is -2.45. The molecule has 1 heterocycles. The van der Waals surface area contributed by atoms with Crippen molar-refractivity contribution in [2.45, 2.75) is 39.3 Å². The SMILES string of the molecule is CCC1CN(C(C)C)CCO1. The van der Waals surface area contributed by atoms with Crippen molar-refractivity contribution in [3.63, 3.8) is 0 Å². The van der Waals surface area contributed by atoms with Crippen LogP contribution in [0.25, 0.3) is 0 Å². The van der Waals surface area contributed by atoms with Crippen LogP contribution in [0.5, 0.6) is 0 Å². The molecule has 0 N–H and O–H groups in total. The molecule has 0 radical (unpaired) electrons. The zero-order valence-electron chi connectivity index (χ0n) is 7.84. The Labute approximate surface area is 69.5 Å². The topological polar surface area (TPSA) is 12.5 Å². The Hall–Kier alpha value is -0.0800. The number of ether oxygens (including phenoxy) is 1. The lowest BCUT2D eigenvalue weighted by molar-refractivity contribution is -0.0396. The molecule has 2 nitrogen and oxygen atoms in total. The van der Waals surface area contributed by atoms with Crippen LogP contribution in [0.2, 0.25) is 0 Å². The van der Waals surface area contributed by atoms with Gasteiger partial charge in [-0.15, -0.1) is 0 Å². The molecule has 1 aliphatic heterocycles. The van der Waals surface area contributed by atoms with Crippen molar-refractivity contribution in [2.24, 2.45) is 0 Å². The van der Waals surface area contributed by atoms with Crippen LogP contribution < -0.4 is 0 Å². The van der Waals surface area contributed by atoms with Gasteiger partial charge in [-0.1, -0.05) is 6.92 Å². The van der Waals surface area contributed by atoms with Gasteiger partial charge in [0.15, 0.2) is 0 Å². The molecule has 0 bridgehead atoms. The zero-order chi connectivity index (χ0) is 8.27. The molecule has 0 saturated carbocycles. The largest absolute Gasteiger partial charge is 0.376 e. The summed E-state index contributed by atoms with van der Waals surface area (Å²) in [6, 6.07) is 0.674. The maximum Gasteiger partial charge on any atom is 0.0700 e. The molecule has 1 aliphatic rings. The van der Waals surface area contributed by atoms with Crippen LogP contribution in [0.4, 0.5) is 0 Å². The second kappa shape index (κ2) is 4.07. The average Bonchev–Trinajstić information content (AvgIpc) is 2.05. The molecular weight excluding hydrogens is 138 g/mol. The van der Waals surface area contributed by atoms with E-state index in [9.17, 15) is 0 Å². The maximum atomic E-state index is 5.57. The van der Waals surface area contributed by atoms with E-state index in [1.54, 1.807) is 0 Å². The third-order valence-corrected chi connectivity index (χ3v) is 2.36. The smallest absolute Gasteiger partial charge is 0.0700 e. The molecule has 0 aromatic rings. The minimum atomic E-state index is 0.478. The number of nitrogens with zero attached hydrogens (tertiary/aromatic N) is 1. The summed E-state index contributed by atoms with van der Waals surface area (Å²) < 4.78 is 5.57. The third-order valence-electron chi connectivity index (χ3n) is 2.36. The lowest BCUT2D eigenvalue weighted by atomic mass is 10.2. The lowest BCUT2D eigenvalue weighted by Gasteiger charge is -2.35. The van der Waals surface area contributed by atoms with Crippen molar-refractivity contribution in [3.05, 3.63) is 0 Å². The van der Waals surface area contributed by atoms with Crippen LogP contribution in [0.3, 0.4) is 0 Å². The Morgan fingerprint density at radius 3 is 2.82 bits per heavy atom. The van der Waals surface area contributed by atoms with Gasteiger partial charge in [0.1, 0.15) is 0 Å². The summed E-state index contributed by atoms with van der Waals surface area (Å²) in [5.74, 6) is 0. The molecule has 1 saturated heterocycles. The Kier molecular flexibility index (Phi) is 3.34. The van der Waals surface area contributed by atoms with Crippen molar-refractivity contribution in [1.82, 2.24) is 4.90 Å². The van der Waals surface area contributed by atoms with Crippen molar-refractivity contribution in [1.29, 1.82) is 0 Å². The van der Waals surface area contributed by atoms with Crippen molar-refractivity contribution in [3.8, 4) is 0 Å². The number of hydrogen-bond acceptors (Lipinski definition) is 2. The first-order chi connectivity index (χ1) is 5.24. The monoisotopic (exact) mass is 157 g/mol. The van der Waals surface area contributed by atoms with Gasteiger partial charge in [-0.05, 0) is 20.3 Å². The summed E-state index contributed by atoms with van der Waals surface area (Å²) in [6.07, 6.45) is 1.62. The van der Waals surface area contributed by atoms with E-state index in [0.29, 0.717) is 12.1 Å². The van der Waals surface area contributed by atoms with E-state index in [-0.39, 0.29) is 0 Å². The summed E-state index contributed by atoms with van der Waals surface area (Å²) in [5, 5.41) is 0. The van der Waals surface area contributed by atoms with E-state index in [1.165, 1.54) is 0 Å².